The minimum absolute atomic E-state index is 0.0292. The number of carbonyl (C=O) groups is 3. The number of nitrogens with one attached hydrogen (secondary N) is 3. The Morgan fingerprint density at radius 3 is 2.40 bits per heavy atom. The highest BCUT2D eigenvalue weighted by Gasteiger charge is 2.20. The maximum absolute atomic E-state index is 12.4. The molecule has 3 amide bonds. The number of methoxy groups -OCH3 is 1. The SMILES string of the molecule is COc1cc(C(=O)NCCNC(=O)C2CCCCC2)ccc1OCC(=O)NC(C)C. The summed E-state index contributed by atoms with van der Waals surface area (Å²) < 4.78 is 10.8. The molecule has 0 radical (unpaired) electrons. The van der Waals surface area contributed by atoms with Gasteiger partial charge in [0.2, 0.25) is 5.91 Å². The van der Waals surface area contributed by atoms with Crippen LogP contribution in [0.2, 0.25) is 0 Å². The van der Waals surface area contributed by atoms with Crippen LogP contribution < -0.4 is 25.4 Å². The predicted molar refractivity (Wildman–Crippen MR) is 114 cm³/mol. The molecule has 1 aliphatic carbocycles. The van der Waals surface area contributed by atoms with Crippen molar-refractivity contribution >= 4 is 17.7 Å². The molecular formula is C22H33N3O5. The summed E-state index contributed by atoms with van der Waals surface area (Å²) in [4.78, 5) is 36.2. The largest absolute Gasteiger partial charge is 0.493 e. The quantitative estimate of drug-likeness (QED) is 0.503. The molecule has 1 saturated carbocycles. The van der Waals surface area contributed by atoms with E-state index in [1.54, 1.807) is 18.2 Å². The number of hydrogen-bond acceptors (Lipinski definition) is 5. The van der Waals surface area contributed by atoms with E-state index in [9.17, 15) is 14.4 Å². The predicted octanol–water partition coefficient (Wildman–Crippen LogP) is 2.02. The van der Waals surface area contributed by atoms with E-state index in [-0.39, 0.29) is 36.3 Å². The van der Waals surface area contributed by atoms with Gasteiger partial charge in [-0.1, -0.05) is 19.3 Å². The smallest absolute Gasteiger partial charge is 0.258 e. The second-order valence-corrected chi connectivity index (χ2v) is 7.76. The number of carbonyl (C=O) groups excluding carboxylic acids is 3. The summed E-state index contributed by atoms with van der Waals surface area (Å²) in [7, 11) is 1.47. The Morgan fingerprint density at radius 2 is 1.73 bits per heavy atom. The zero-order chi connectivity index (χ0) is 21.9. The summed E-state index contributed by atoms with van der Waals surface area (Å²) in [5.74, 6) is 0.425. The molecule has 3 N–H and O–H groups in total. The third kappa shape index (κ3) is 7.57. The van der Waals surface area contributed by atoms with Gasteiger partial charge in [0.15, 0.2) is 18.1 Å². The molecule has 1 aromatic rings. The molecule has 8 nitrogen and oxygen atoms in total. The Labute approximate surface area is 178 Å². The molecule has 1 aromatic carbocycles. The van der Waals surface area contributed by atoms with Crippen molar-refractivity contribution in [2.75, 3.05) is 26.8 Å². The summed E-state index contributed by atoms with van der Waals surface area (Å²) in [6.45, 7) is 4.33. The van der Waals surface area contributed by atoms with Crippen LogP contribution in [0, 0.1) is 5.92 Å². The lowest BCUT2D eigenvalue weighted by Gasteiger charge is -2.20. The summed E-state index contributed by atoms with van der Waals surface area (Å²) in [6, 6.07) is 4.79. The van der Waals surface area contributed by atoms with E-state index in [1.165, 1.54) is 13.5 Å². The molecule has 0 unspecified atom stereocenters. The fourth-order valence-electron chi connectivity index (χ4n) is 3.41. The topological polar surface area (TPSA) is 106 Å². The minimum atomic E-state index is -0.274. The summed E-state index contributed by atoms with van der Waals surface area (Å²) in [5, 5.41) is 8.42. The molecule has 2 rings (SSSR count). The first kappa shape index (κ1) is 23.5. The molecule has 30 heavy (non-hydrogen) atoms. The van der Waals surface area contributed by atoms with Crippen LogP contribution in [0.25, 0.3) is 0 Å². The first-order chi connectivity index (χ1) is 14.4. The lowest BCUT2D eigenvalue weighted by Crippen LogP contribution is -2.38. The van der Waals surface area contributed by atoms with Gasteiger partial charge in [0, 0.05) is 30.6 Å². The van der Waals surface area contributed by atoms with E-state index >= 15 is 0 Å². The van der Waals surface area contributed by atoms with Crippen LogP contribution >= 0.6 is 0 Å². The molecule has 0 spiro atoms. The maximum atomic E-state index is 12.4. The van der Waals surface area contributed by atoms with E-state index in [0.717, 1.165) is 25.7 Å². The van der Waals surface area contributed by atoms with Crippen molar-refractivity contribution < 1.29 is 23.9 Å². The average Bonchev–Trinajstić information content (AvgIpc) is 2.74. The lowest BCUT2D eigenvalue weighted by molar-refractivity contribution is -0.126. The molecule has 1 aliphatic rings. The third-order valence-corrected chi connectivity index (χ3v) is 4.92. The Kier molecular flexibility index (Phi) is 9.44. The van der Waals surface area contributed by atoms with Crippen molar-refractivity contribution in [3.05, 3.63) is 23.8 Å². The zero-order valence-electron chi connectivity index (χ0n) is 18.1. The Bertz CT molecular complexity index is 729. The van der Waals surface area contributed by atoms with Crippen molar-refractivity contribution in [3.63, 3.8) is 0 Å². The van der Waals surface area contributed by atoms with Gasteiger partial charge in [-0.05, 0) is 44.9 Å². The van der Waals surface area contributed by atoms with Crippen molar-refractivity contribution in [2.45, 2.75) is 52.0 Å². The summed E-state index contributed by atoms with van der Waals surface area (Å²) >= 11 is 0. The molecule has 0 aromatic heterocycles. The third-order valence-electron chi connectivity index (χ3n) is 4.92. The highest BCUT2D eigenvalue weighted by atomic mass is 16.5. The van der Waals surface area contributed by atoms with Gasteiger partial charge in [-0.15, -0.1) is 0 Å². The number of ether oxygens (including phenoxy) is 2. The number of amides is 3. The molecule has 0 saturated heterocycles. The van der Waals surface area contributed by atoms with E-state index in [4.69, 9.17) is 9.47 Å². The molecule has 1 fully saturated rings. The van der Waals surface area contributed by atoms with Crippen LogP contribution in [0.15, 0.2) is 18.2 Å². The number of benzene rings is 1. The maximum Gasteiger partial charge on any atom is 0.258 e. The average molecular weight is 420 g/mol. The Morgan fingerprint density at radius 1 is 1.03 bits per heavy atom. The van der Waals surface area contributed by atoms with Gasteiger partial charge >= 0.3 is 0 Å². The van der Waals surface area contributed by atoms with Gasteiger partial charge in [-0.25, -0.2) is 0 Å². The number of rotatable bonds is 10. The summed E-state index contributed by atoms with van der Waals surface area (Å²) in [6.07, 6.45) is 5.33. The van der Waals surface area contributed by atoms with Crippen molar-refractivity contribution in [1.29, 1.82) is 0 Å². The minimum Gasteiger partial charge on any atom is -0.493 e. The monoisotopic (exact) mass is 419 g/mol. The molecule has 0 heterocycles. The van der Waals surface area contributed by atoms with Crippen molar-refractivity contribution in [2.24, 2.45) is 5.92 Å². The van der Waals surface area contributed by atoms with Crippen LogP contribution in [0.1, 0.15) is 56.3 Å². The van der Waals surface area contributed by atoms with Crippen LogP contribution in [-0.4, -0.2) is 50.6 Å². The standard InChI is InChI=1S/C22H33N3O5/c1-15(2)25-20(26)14-30-18-10-9-17(13-19(18)29-3)22(28)24-12-11-23-21(27)16-7-5-4-6-8-16/h9-10,13,15-16H,4-8,11-12,14H2,1-3H3,(H,23,27)(H,24,28)(H,25,26). The second kappa shape index (κ2) is 12.0. The fourth-order valence-corrected chi connectivity index (χ4v) is 3.41. The molecular weight excluding hydrogens is 386 g/mol. The first-order valence-electron chi connectivity index (χ1n) is 10.6. The van der Waals surface area contributed by atoms with Crippen LogP contribution in [0.5, 0.6) is 11.5 Å². The van der Waals surface area contributed by atoms with Gasteiger partial charge in [0.1, 0.15) is 0 Å². The second-order valence-electron chi connectivity index (χ2n) is 7.76. The number of hydrogen-bond donors (Lipinski definition) is 3. The molecule has 0 atom stereocenters. The Balaban J connectivity index is 1.79. The summed E-state index contributed by atoms with van der Waals surface area (Å²) in [5.41, 5.74) is 0.407. The fraction of sp³-hybridized carbons (Fsp3) is 0.591. The van der Waals surface area contributed by atoms with Crippen molar-refractivity contribution in [3.8, 4) is 11.5 Å². The van der Waals surface area contributed by atoms with E-state index in [0.29, 0.717) is 30.2 Å². The normalized spacial score (nSPS) is 14.1. The van der Waals surface area contributed by atoms with Crippen LogP contribution in [0.4, 0.5) is 0 Å². The van der Waals surface area contributed by atoms with Crippen LogP contribution in [-0.2, 0) is 9.59 Å². The molecule has 8 heteroatoms. The van der Waals surface area contributed by atoms with Gasteiger partial charge in [0.25, 0.3) is 11.8 Å². The van der Waals surface area contributed by atoms with E-state index in [2.05, 4.69) is 16.0 Å². The first-order valence-corrected chi connectivity index (χ1v) is 10.6. The van der Waals surface area contributed by atoms with Gasteiger partial charge in [-0.2, -0.15) is 0 Å². The highest BCUT2D eigenvalue weighted by Crippen LogP contribution is 2.28. The highest BCUT2D eigenvalue weighted by molar-refractivity contribution is 5.95. The van der Waals surface area contributed by atoms with Crippen LogP contribution in [0.3, 0.4) is 0 Å². The molecule has 0 bridgehead atoms. The van der Waals surface area contributed by atoms with E-state index in [1.807, 2.05) is 13.8 Å². The lowest BCUT2D eigenvalue weighted by atomic mass is 9.89. The molecule has 0 aliphatic heterocycles. The zero-order valence-corrected chi connectivity index (χ0v) is 18.1. The van der Waals surface area contributed by atoms with E-state index < -0.39 is 0 Å². The molecule has 166 valence electrons. The Hall–Kier alpha value is -2.77. The van der Waals surface area contributed by atoms with Gasteiger partial charge in [-0.3, -0.25) is 14.4 Å². The van der Waals surface area contributed by atoms with Gasteiger partial charge in [0.05, 0.1) is 7.11 Å². The van der Waals surface area contributed by atoms with Crippen molar-refractivity contribution in [1.82, 2.24) is 16.0 Å². The van der Waals surface area contributed by atoms with Gasteiger partial charge < -0.3 is 25.4 Å².